The van der Waals surface area contributed by atoms with E-state index in [1.54, 1.807) is 19.2 Å². The minimum Gasteiger partial charge on any atom is -0.399 e. The molecule has 0 spiro atoms. The van der Waals surface area contributed by atoms with Crippen LogP contribution >= 0.6 is 11.6 Å². The zero-order valence-electron chi connectivity index (χ0n) is 10.7. The van der Waals surface area contributed by atoms with Crippen molar-refractivity contribution in [1.82, 2.24) is 0 Å². The first-order valence-corrected chi connectivity index (χ1v) is 6.30. The number of hydrogen-bond donors (Lipinski definition) is 1. The summed E-state index contributed by atoms with van der Waals surface area (Å²) in [5.74, 6) is 0. The van der Waals surface area contributed by atoms with Crippen LogP contribution in [0.1, 0.15) is 12.0 Å². The Morgan fingerprint density at radius 3 is 2.67 bits per heavy atom. The van der Waals surface area contributed by atoms with E-state index < -0.39 is 0 Å². The van der Waals surface area contributed by atoms with Gasteiger partial charge in [0.2, 0.25) is 0 Å². The van der Waals surface area contributed by atoms with E-state index in [-0.39, 0.29) is 0 Å². The summed E-state index contributed by atoms with van der Waals surface area (Å²) in [7, 11) is 1.65. The molecule has 5 heteroatoms. The number of nitrogen functional groups attached to an aromatic ring is 1. The molecule has 18 heavy (non-hydrogen) atoms. The van der Waals surface area contributed by atoms with Crippen LogP contribution in [0.3, 0.4) is 0 Å². The second-order valence-electron chi connectivity index (χ2n) is 3.86. The van der Waals surface area contributed by atoms with Gasteiger partial charge in [0, 0.05) is 31.0 Å². The summed E-state index contributed by atoms with van der Waals surface area (Å²) in [6.45, 7) is 3.03. The maximum absolute atomic E-state index is 6.02. The third-order valence-electron chi connectivity index (χ3n) is 2.34. The SMILES string of the molecule is COCCOCCCOCc1cc(N)ccc1Cl. The van der Waals surface area contributed by atoms with Crippen LogP contribution in [-0.4, -0.2) is 33.5 Å². The summed E-state index contributed by atoms with van der Waals surface area (Å²) >= 11 is 6.02. The van der Waals surface area contributed by atoms with Gasteiger partial charge in [-0.1, -0.05) is 11.6 Å². The highest BCUT2D eigenvalue weighted by Gasteiger charge is 2.00. The molecule has 0 aliphatic carbocycles. The molecule has 0 aromatic heterocycles. The number of methoxy groups -OCH3 is 1. The Kier molecular flexibility index (Phi) is 7.76. The summed E-state index contributed by atoms with van der Waals surface area (Å²) < 4.78 is 15.7. The average Bonchev–Trinajstić information content (AvgIpc) is 2.36. The molecular weight excluding hydrogens is 254 g/mol. The maximum atomic E-state index is 6.02. The second-order valence-corrected chi connectivity index (χ2v) is 4.27. The fraction of sp³-hybridized carbons (Fsp3) is 0.538. The fourth-order valence-corrected chi connectivity index (χ4v) is 1.57. The molecule has 0 saturated carbocycles. The molecule has 0 amide bonds. The Hall–Kier alpha value is -0.810. The van der Waals surface area contributed by atoms with E-state index in [4.69, 9.17) is 31.5 Å². The molecule has 0 atom stereocenters. The Bertz CT molecular complexity index is 347. The molecule has 0 radical (unpaired) electrons. The number of halogens is 1. The third kappa shape index (κ3) is 6.21. The topological polar surface area (TPSA) is 53.7 Å². The summed E-state index contributed by atoms with van der Waals surface area (Å²) in [6, 6.07) is 5.39. The molecule has 0 heterocycles. The largest absolute Gasteiger partial charge is 0.399 e. The van der Waals surface area contributed by atoms with Gasteiger partial charge in [0.25, 0.3) is 0 Å². The number of nitrogens with two attached hydrogens (primary N) is 1. The minimum atomic E-state index is 0.474. The standard InChI is InChI=1S/C13H20ClNO3/c1-16-7-8-17-5-2-6-18-10-11-9-12(15)3-4-13(11)14/h3-4,9H,2,5-8,10,15H2,1H3. The summed E-state index contributed by atoms with van der Waals surface area (Å²) in [4.78, 5) is 0. The molecule has 2 N–H and O–H groups in total. The van der Waals surface area contributed by atoms with Crippen LogP contribution in [0.5, 0.6) is 0 Å². The van der Waals surface area contributed by atoms with E-state index in [9.17, 15) is 0 Å². The van der Waals surface area contributed by atoms with Gasteiger partial charge in [-0.2, -0.15) is 0 Å². The molecule has 1 rings (SSSR count). The highest BCUT2D eigenvalue weighted by atomic mass is 35.5. The first kappa shape index (κ1) is 15.2. The van der Waals surface area contributed by atoms with Crippen molar-refractivity contribution in [2.24, 2.45) is 0 Å². The van der Waals surface area contributed by atoms with Crippen LogP contribution in [-0.2, 0) is 20.8 Å². The lowest BCUT2D eigenvalue weighted by Crippen LogP contribution is -2.05. The van der Waals surface area contributed by atoms with Crippen LogP contribution in [0.2, 0.25) is 5.02 Å². The average molecular weight is 274 g/mol. The van der Waals surface area contributed by atoms with Crippen LogP contribution in [0.25, 0.3) is 0 Å². The van der Waals surface area contributed by atoms with Crippen molar-refractivity contribution >= 4 is 17.3 Å². The van der Waals surface area contributed by atoms with Crippen molar-refractivity contribution in [3.8, 4) is 0 Å². The highest BCUT2D eigenvalue weighted by molar-refractivity contribution is 6.31. The molecule has 1 aromatic rings. The molecule has 0 aliphatic heterocycles. The van der Waals surface area contributed by atoms with Crippen molar-refractivity contribution in [1.29, 1.82) is 0 Å². The van der Waals surface area contributed by atoms with Crippen molar-refractivity contribution < 1.29 is 14.2 Å². The van der Waals surface area contributed by atoms with Gasteiger partial charge in [0.05, 0.1) is 19.8 Å². The Balaban J connectivity index is 2.09. The summed E-state index contributed by atoms with van der Waals surface area (Å²) in [6.07, 6.45) is 0.851. The normalized spacial score (nSPS) is 10.8. The second kappa shape index (κ2) is 9.16. The molecule has 102 valence electrons. The lowest BCUT2D eigenvalue weighted by atomic mass is 10.2. The zero-order chi connectivity index (χ0) is 13.2. The van der Waals surface area contributed by atoms with E-state index in [2.05, 4.69) is 0 Å². The number of ether oxygens (including phenoxy) is 3. The quantitative estimate of drug-likeness (QED) is 0.555. The highest BCUT2D eigenvalue weighted by Crippen LogP contribution is 2.19. The molecule has 4 nitrogen and oxygen atoms in total. The monoisotopic (exact) mass is 273 g/mol. The molecule has 0 saturated heterocycles. The van der Waals surface area contributed by atoms with E-state index >= 15 is 0 Å². The van der Waals surface area contributed by atoms with Crippen molar-refractivity contribution in [3.05, 3.63) is 28.8 Å². The lowest BCUT2D eigenvalue weighted by Gasteiger charge is -2.07. The number of hydrogen-bond acceptors (Lipinski definition) is 4. The number of rotatable bonds is 9. The smallest absolute Gasteiger partial charge is 0.0732 e. The third-order valence-corrected chi connectivity index (χ3v) is 2.71. The molecule has 1 aromatic carbocycles. The molecule has 0 aliphatic rings. The molecule has 0 fully saturated rings. The van der Waals surface area contributed by atoms with Gasteiger partial charge in [-0.15, -0.1) is 0 Å². The van der Waals surface area contributed by atoms with Gasteiger partial charge in [-0.3, -0.25) is 0 Å². The molecular formula is C13H20ClNO3. The molecule has 0 unspecified atom stereocenters. The predicted molar refractivity (Wildman–Crippen MR) is 72.8 cm³/mol. The Morgan fingerprint density at radius 2 is 1.89 bits per heavy atom. The summed E-state index contributed by atoms with van der Waals surface area (Å²) in [5.41, 5.74) is 7.29. The van der Waals surface area contributed by atoms with E-state index in [1.807, 2.05) is 6.07 Å². The van der Waals surface area contributed by atoms with E-state index in [1.165, 1.54) is 0 Å². The van der Waals surface area contributed by atoms with Crippen molar-refractivity contribution in [2.75, 3.05) is 39.3 Å². The maximum Gasteiger partial charge on any atom is 0.0732 e. The minimum absolute atomic E-state index is 0.474. The van der Waals surface area contributed by atoms with E-state index in [0.717, 1.165) is 12.0 Å². The first-order valence-electron chi connectivity index (χ1n) is 5.92. The Morgan fingerprint density at radius 1 is 1.11 bits per heavy atom. The van der Waals surface area contributed by atoms with Gasteiger partial charge in [0.15, 0.2) is 0 Å². The predicted octanol–water partition coefficient (Wildman–Crippen LogP) is 2.49. The Labute approximate surface area is 113 Å². The van der Waals surface area contributed by atoms with Crippen LogP contribution < -0.4 is 5.73 Å². The number of anilines is 1. The number of benzene rings is 1. The van der Waals surface area contributed by atoms with E-state index in [0.29, 0.717) is 43.7 Å². The van der Waals surface area contributed by atoms with Crippen molar-refractivity contribution in [3.63, 3.8) is 0 Å². The fourth-order valence-electron chi connectivity index (χ4n) is 1.39. The van der Waals surface area contributed by atoms with Crippen molar-refractivity contribution in [2.45, 2.75) is 13.0 Å². The first-order chi connectivity index (χ1) is 8.74. The van der Waals surface area contributed by atoms with Gasteiger partial charge >= 0.3 is 0 Å². The van der Waals surface area contributed by atoms with Crippen LogP contribution in [0, 0.1) is 0 Å². The van der Waals surface area contributed by atoms with Gasteiger partial charge in [-0.25, -0.2) is 0 Å². The van der Waals surface area contributed by atoms with Crippen LogP contribution in [0.15, 0.2) is 18.2 Å². The summed E-state index contributed by atoms with van der Waals surface area (Å²) in [5, 5.41) is 0.681. The van der Waals surface area contributed by atoms with Gasteiger partial charge in [-0.05, 0) is 30.2 Å². The van der Waals surface area contributed by atoms with Crippen LogP contribution in [0.4, 0.5) is 5.69 Å². The van der Waals surface area contributed by atoms with Gasteiger partial charge < -0.3 is 19.9 Å². The van der Waals surface area contributed by atoms with Gasteiger partial charge in [0.1, 0.15) is 0 Å². The molecule has 0 bridgehead atoms. The lowest BCUT2D eigenvalue weighted by molar-refractivity contribution is 0.0483. The zero-order valence-corrected chi connectivity index (χ0v) is 11.4.